The molecule has 0 radical (unpaired) electrons. The van der Waals surface area contributed by atoms with Gasteiger partial charge in [-0.3, -0.25) is 4.79 Å². The number of carbonyl (C=O) groups excluding carboxylic acids is 1. The molecule has 5 aliphatic rings. The van der Waals surface area contributed by atoms with Gasteiger partial charge in [-0.25, -0.2) is 0 Å². The quantitative estimate of drug-likeness (QED) is 0.843. The van der Waals surface area contributed by atoms with Crippen molar-refractivity contribution in [2.45, 2.75) is 57.4 Å². The fourth-order valence-corrected chi connectivity index (χ4v) is 6.42. The van der Waals surface area contributed by atoms with Gasteiger partial charge in [-0.2, -0.15) is 15.0 Å². The van der Waals surface area contributed by atoms with E-state index in [-0.39, 0.29) is 5.41 Å². The highest BCUT2D eigenvalue weighted by Gasteiger charge is 2.55. The maximum atomic E-state index is 13.3. The molecule has 4 saturated carbocycles. The first kappa shape index (κ1) is 14.0. The summed E-state index contributed by atoms with van der Waals surface area (Å²) in [4.78, 5) is 17.3. The zero-order chi connectivity index (χ0) is 15.4. The second-order valence-electron chi connectivity index (χ2n) is 8.57. The third kappa shape index (κ3) is 2.23. The normalized spacial score (nSPS) is 39.8. The minimum atomic E-state index is 0.0194. The molecule has 5 heteroatoms. The molecule has 1 saturated heterocycles. The third-order valence-electron chi connectivity index (χ3n) is 7.01. The first-order chi connectivity index (χ1) is 11.2. The summed E-state index contributed by atoms with van der Waals surface area (Å²) in [5.74, 6) is 3.02. The predicted molar refractivity (Wildman–Crippen MR) is 85.5 cm³/mol. The zero-order valence-electron chi connectivity index (χ0n) is 13.7. The molecule has 1 amide bonds. The highest BCUT2D eigenvalue weighted by molar-refractivity contribution is 5.83. The van der Waals surface area contributed by atoms with Crippen LogP contribution in [0, 0.1) is 23.2 Å². The van der Waals surface area contributed by atoms with Gasteiger partial charge in [0.25, 0.3) is 0 Å². The summed E-state index contributed by atoms with van der Waals surface area (Å²) >= 11 is 0. The molecule has 1 aromatic heterocycles. The Morgan fingerprint density at radius 1 is 0.913 bits per heavy atom. The molecule has 5 fully saturated rings. The fourth-order valence-electron chi connectivity index (χ4n) is 6.42. The first-order valence-electron chi connectivity index (χ1n) is 9.37. The van der Waals surface area contributed by atoms with Crippen molar-refractivity contribution >= 4 is 5.91 Å². The van der Waals surface area contributed by atoms with E-state index in [1.54, 1.807) is 12.4 Å². The Morgan fingerprint density at radius 3 is 1.96 bits per heavy atom. The molecule has 0 aromatic carbocycles. The minimum Gasteiger partial charge on any atom is -0.342 e. The van der Waals surface area contributed by atoms with E-state index in [1.807, 2.05) is 4.80 Å². The smallest absolute Gasteiger partial charge is 0.228 e. The number of piperidine rings is 1. The van der Waals surface area contributed by atoms with Crippen LogP contribution in [0.15, 0.2) is 12.4 Å². The van der Waals surface area contributed by atoms with E-state index in [2.05, 4.69) is 15.1 Å². The van der Waals surface area contributed by atoms with Crippen LogP contribution >= 0.6 is 0 Å². The van der Waals surface area contributed by atoms with Gasteiger partial charge in [0.05, 0.1) is 23.9 Å². The minimum absolute atomic E-state index is 0.0194. The Kier molecular flexibility index (Phi) is 3.07. The summed E-state index contributed by atoms with van der Waals surface area (Å²) in [5.41, 5.74) is 0.0194. The zero-order valence-corrected chi connectivity index (χ0v) is 13.7. The average Bonchev–Trinajstić information content (AvgIpc) is 3.07. The van der Waals surface area contributed by atoms with Crippen LogP contribution in [0.3, 0.4) is 0 Å². The van der Waals surface area contributed by atoms with Crippen LogP contribution in [-0.4, -0.2) is 38.9 Å². The van der Waals surface area contributed by atoms with E-state index in [0.29, 0.717) is 11.9 Å². The Hall–Kier alpha value is -1.39. The summed E-state index contributed by atoms with van der Waals surface area (Å²) in [6.45, 7) is 1.76. The van der Waals surface area contributed by atoms with Crippen molar-refractivity contribution in [2.24, 2.45) is 23.2 Å². The Balaban J connectivity index is 1.29. The molecule has 4 aliphatic carbocycles. The van der Waals surface area contributed by atoms with E-state index in [0.717, 1.165) is 43.7 Å². The molecule has 0 N–H and O–H groups in total. The molecule has 6 rings (SSSR count). The van der Waals surface area contributed by atoms with Crippen LogP contribution in [0.4, 0.5) is 0 Å². The number of aromatic nitrogens is 3. The van der Waals surface area contributed by atoms with Crippen LogP contribution in [0.25, 0.3) is 0 Å². The number of amides is 1. The topological polar surface area (TPSA) is 51.0 Å². The van der Waals surface area contributed by atoms with Gasteiger partial charge in [0, 0.05) is 13.1 Å². The number of hydrogen-bond acceptors (Lipinski definition) is 3. The highest BCUT2D eigenvalue weighted by Crippen LogP contribution is 2.60. The van der Waals surface area contributed by atoms with Crippen LogP contribution < -0.4 is 0 Å². The second-order valence-corrected chi connectivity index (χ2v) is 8.57. The maximum absolute atomic E-state index is 13.3. The first-order valence-corrected chi connectivity index (χ1v) is 9.37. The lowest BCUT2D eigenvalue weighted by molar-refractivity contribution is -0.159. The molecule has 5 nitrogen and oxygen atoms in total. The molecule has 0 atom stereocenters. The molecule has 23 heavy (non-hydrogen) atoms. The number of carbonyl (C=O) groups is 1. The largest absolute Gasteiger partial charge is 0.342 e. The fraction of sp³-hybridized carbons (Fsp3) is 0.833. The lowest BCUT2D eigenvalue weighted by Crippen LogP contribution is -2.55. The van der Waals surface area contributed by atoms with E-state index in [4.69, 9.17) is 0 Å². The average molecular weight is 314 g/mol. The van der Waals surface area contributed by atoms with Crippen LogP contribution in [0.5, 0.6) is 0 Å². The summed E-state index contributed by atoms with van der Waals surface area (Å²) in [5, 5.41) is 8.53. The molecule has 2 heterocycles. The van der Waals surface area contributed by atoms with Crippen molar-refractivity contribution in [3.63, 3.8) is 0 Å². The predicted octanol–water partition coefficient (Wildman–Crippen LogP) is 2.66. The van der Waals surface area contributed by atoms with Crippen molar-refractivity contribution in [3.05, 3.63) is 12.4 Å². The van der Waals surface area contributed by atoms with Crippen molar-refractivity contribution in [1.29, 1.82) is 0 Å². The van der Waals surface area contributed by atoms with Crippen LogP contribution in [-0.2, 0) is 4.79 Å². The monoisotopic (exact) mass is 314 g/mol. The van der Waals surface area contributed by atoms with E-state index < -0.39 is 0 Å². The molecule has 4 bridgehead atoms. The van der Waals surface area contributed by atoms with Crippen molar-refractivity contribution in [2.75, 3.05) is 13.1 Å². The number of hydrogen-bond donors (Lipinski definition) is 0. The molecular weight excluding hydrogens is 288 g/mol. The molecule has 1 aliphatic heterocycles. The lowest BCUT2D eigenvalue weighted by Gasteiger charge is -2.57. The van der Waals surface area contributed by atoms with Gasteiger partial charge in [0.1, 0.15) is 0 Å². The standard InChI is InChI=1S/C18H26N4O/c23-17(18-10-13-7-14(11-18)9-15(8-13)12-18)21-5-1-16(2-6-21)22-19-3-4-20-22/h3-4,13-16H,1-2,5-12H2. The Morgan fingerprint density at radius 2 is 1.43 bits per heavy atom. The maximum Gasteiger partial charge on any atom is 0.228 e. The van der Waals surface area contributed by atoms with Crippen molar-refractivity contribution in [3.8, 4) is 0 Å². The van der Waals surface area contributed by atoms with Gasteiger partial charge in [0.15, 0.2) is 0 Å². The van der Waals surface area contributed by atoms with Gasteiger partial charge in [-0.05, 0) is 69.1 Å². The lowest BCUT2D eigenvalue weighted by atomic mass is 9.49. The molecule has 0 unspecified atom stereocenters. The van der Waals surface area contributed by atoms with Gasteiger partial charge >= 0.3 is 0 Å². The SMILES string of the molecule is O=C(N1CCC(n2nccn2)CC1)C12CC3CC(CC(C3)C1)C2. The van der Waals surface area contributed by atoms with Crippen molar-refractivity contribution in [1.82, 2.24) is 19.9 Å². The number of likely N-dealkylation sites (tertiary alicyclic amines) is 1. The summed E-state index contributed by atoms with van der Waals surface area (Å²) < 4.78 is 0. The Bertz CT molecular complexity index is 553. The van der Waals surface area contributed by atoms with Gasteiger partial charge in [-0.1, -0.05) is 0 Å². The van der Waals surface area contributed by atoms with Crippen LogP contribution in [0.2, 0.25) is 0 Å². The van der Waals surface area contributed by atoms with E-state index >= 15 is 0 Å². The summed E-state index contributed by atoms with van der Waals surface area (Å²) in [7, 11) is 0. The summed E-state index contributed by atoms with van der Waals surface area (Å²) in [6.07, 6.45) is 13.2. The van der Waals surface area contributed by atoms with Crippen molar-refractivity contribution < 1.29 is 4.79 Å². The van der Waals surface area contributed by atoms with E-state index in [9.17, 15) is 4.79 Å². The number of rotatable bonds is 2. The third-order valence-corrected chi connectivity index (χ3v) is 7.01. The van der Waals surface area contributed by atoms with Gasteiger partial charge in [-0.15, -0.1) is 0 Å². The molecule has 124 valence electrons. The van der Waals surface area contributed by atoms with Crippen LogP contribution in [0.1, 0.15) is 57.4 Å². The van der Waals surface area contributed by atoms with Gasteiger partial charge < -0.3 is 4.90 Å². The number of nitrogens with zero attached hydrogens (tertiary/aromatic N) is 4. The second kappa shape index (κ2) is 5.05. The van der Waals surface area contributed by atoms with Gasteiger partial charge in [0.2, 0.25) is 5.91 Å². The Labute approximate surface area is 137 Å². The molecule has 0 spiro atoms. The molecule has 1 aromatic rings. The highest BCUT2D eigenvalue weighted by atomic mass is 16.2. The van der Waals surface area contributed by atoms with E-state index in [1.165, 1.54) is 38.5 Å². The molecular formula is C18H26N4O. The summed E-state index contributed by atoms with van der Waals surface area (Å²) in [6, 6.07) is 0.366.